The lowest BCUT2D eigenvalue weighted by atomic mass is 10.0. The number of nitrogens with one attached hydrogen (secondary N) is 2. The fourth-order valence-corrected chi connectivity index (χ4v) is 2.48. The number of aromatic nitrogens is 2. The van der Waals surface area contributed by atoms with Crippen LogP contribution in [0.3, 0.4) is 0 Å². The van der Waals surface area contributed by atoms with Crippen LogP contribution in [0.15, 0.2) is 6.33 Å². The molecule has 0 amide bonds. The van der Waals surface area contributed by atoms with E-state index < -0.39 is 0 Å². The van der Waals surface area contributed by atoms with Gasteiger partial charge in [0.25, 0.3) is 0 Å². The lowest BCUT2D eigenvalue weighted by Crippen LogP contribution is -2.43. The third kappa shape index (κ3) is 3.58. The average Bonchev–Trinajstić information content (AvgIpc) is 2.44. The predicted molar refractivity (Wildman–Crippen MR) is 81.4 cm³/mol. The van der Waals surface area contributed by atoms with Gasteiger partial charge in [-0.25, -0.2) is 9.97 Å². The molecule has 0 aliphatic carbocycles. The summed E-state index contributed by atoms with van der Waals surface area (Å²) >= 11 is 0. The summed E-state index contributed by atoms with van der Waals surface area (Å²) in [6.07, 6.45) is 1.80. The van der Waals surface area contributed by atoms with Gasteiger partial charge in [0.05, 0.1) is 12.7 Å². The van der Waals surface area contributed by atoms with Crippen molar-refractivity contribution in [3.8, 4) is 0 Å². The number of likely N-dealkylation sites (N-methyl/N-ethyl adjacent to an activating group) is 1. The van der Waals surface area contributed by atoms with Gasteiger partial charge in [-0.3, -0.25) is 0 Å². The molecule has 1 atom stereocenters. The maximum Gasteiger partial charge on any atom is 0.135 e. The Morgan fingerprint density at radius 2 is 2.15 bits per heavy atom. The molecule has 20 heavy (non-hydrogen) atoms. The van der Waals surface area contributed by atoms with Crippen LogP contribution in [0, 0.1) is 0 Å². The van der Waals surface area contributed by atoms with Crippen molar-refractivity contribution in [1.82, 2.24) is 14.9 Å². The highest BCUT2D eigenvalue weighted by Crippen LogP contribution is 2.27. The van der Waals surface area contributed by atoms with Gasteiger partial charge in [-0.1, -0.05) is 13.8 Å². The quantitative estimate of drug-likeness (QED) is 0.849. The van der Waals surface area contributed by atoms with E-state index in [9.17, 15) is 0 Å². The van der Waals surface area contributed by atoms with Crippen molar-refractivity contribution in [1.29, 1.82) is 0 Å². The standard InChI is InChI=1S/C14H25N5O/c1-10(2)12-13(15-3)17-9-18-14(12)16-7-11-8-19(4)5-6-20-11/h9-11H,5-8H2,1-4H3,(H2,15,16,17,18). The second kappa shape index (κ2) is 6.85. The summed E-state index contributed by atoms with van der Waals surface area (Å²) in [6, 6.07) is 0. The highest BCUT2D eigenvalue weighted by atomic mass is 16.5. The summed E-state index contributed by atoms with van der Waals surface area (Å²) in [6.45, 7) is 7.82. The maximum absolute atomic E-state index is 5.76. The van der Waals surface area contributed by atoms with Crippen molar-refractivity contribution in [3.63, 3.8) is 0 Å². The lowest BCUT2D eigenvalue weighted by molar-refractivity contribution is -0.0117. The van der Waals surface area contributed by atoms with Crippen LogP contribution in [-0.2, 0) is 4.74 Å². The van der Waals surface area contributed by atoms with Gasteiger partial charge in [-0.05, 0) is 13.0 Å². The van der Waals surface area contributed by atoms with Crippen molar-refractivity contribution in [3.05, 3.63) is 11.9 Å². The first-order valence-electron chi connectivity index (χ1n) is 7.18. The molecule has 6 nitrogen and oxygen atoms in total. The summed E-state index contributed by atoms with van der Waals surface area (Å²) in [5.74, 6) is 2.14. The molecule has 1 unspecified atom stereocenters. The van der Waals surface area contributed by atoms with Gasteiger partial charge in [-0.15, -0.1) is 0 Å². The second-order valence-corrected chi connectivity index (χ2v) is 5.53. The van der Waals surface area contributed by atoms with Gasteiger partial charge in [0.15, 0.2) is 0 Å². The lowest BCUT2D eigenvalue weighted by Gasteiger charge is -2.30. The van der Waals surface area contributed by atoms with Gasteiger partial charge < -0.3 is 20.3 Å². The van der Waals surface area contributed by atoms with Crippen molar-refractivity contribution in [2.75, 3.05) is 51.0 Å². The van der Waals surface area contributed by atoms with E-state index in [1.54, 1.807) is 6.33 Å². The third-order valence-corrected chi connectivity index (χ3v) is 3.54. The van der Waals surface area contributed by atoms with Crippen molar-refractivity contribution < 1.29 is 4.74 Å². The summed E-state index contributed by atoms with van der Waals surface area (Å²) in [4.78, 5) is 11.0. The van der Waals surface area contributed by atoms with Crippen LogP contribution in [0.2, 0.25) is 0 Å². The summed E-state index contributed by atoms with van der Waals surface area (Å²) < 4.78 is 5.76. The van der Waals surface area contributed by atoms with Crippen LogP contribution in [-0.4, -0.2) is 61.3 Å². The molecule has 0 spiro atoms. The minimum absolute atomic E-state index is 0.210. The summed E-state index contributed by atoms with van der Waals surface area (Å²) in [5.41, 5.74) is 1.12. The average molecular weight is 279 g/mol. The Labute approximate surface area is 120 Å². The fourth-order valence-electron chi connectivity index (χ4n) is 2.48. The van der Waals surface area contributed by atoms with Crippen LogP contribution in [0.4, 0.5) is 11.6 Å². The minimum Gasteiger partial charge on any atom is -0.374 e. The van der Waals surface area contributed by atoms with E-state index in [-0.39, 0.29) is 6.10 Å². The van der Waals surface area contributed by atoms with Crippen LogP contribution < -0.4 is 10.6 Å². The molecule has 1 saturated heterocycles. The Morgan fingerprint density at radius 1 is 1.40 bits per heavy atom. The maximum atomic E-state index is 5.76. The molecular formula is C14H25N5O. The van der Waals surface area contributed by atoms with Crippen molar-refractivity contribution in [2.24, 2.45) is 0 Å². The van der Waals surface area contributed by atoms with Crippen LogP contribution in [0.5, 0.6) is 0 Å². The number of hydrogen-bond donors (Lipinski definition) is 2. The van der Waals surface area contributed by atoms with Crippen LogP contribution in [0.1, 0.15) is 25.3 Å². The monoisotopic (exact) mass is 279 g/mol. The molecule has 2 rings (SSSR count). The zero-order chi connectivity index (χ0) is 14.5. The Morgan fingerprint density at radius 3 is 2.80 bits per heavy atom. The molecule has 1 aliphatic rings. The van der Waals surface area contributed by atoms with Crippen molar-refractivity contribution >= 4 is 11.6 Å². The molecule has 0 radical (unpaired) electrons. The van der Waals surface area contributed by atoms with E-state index in [4.69, 9.17) is 4.74 Å². The number of morpholine rings is 1. The highest BCUT2D eigenvalue weighted by Gasteiger charge is 2.19. The van der Waals surface area contributed by atoms with E-state index in [1.807, 2.05) is 7.05 Å². The molecule has 0 aromatic carbocycles. The molecule has 2 N–H and O–H groups in total. The predicted octanol–water partition coefficient (Wildman–Crippen LogP) is 1.38. The molecule has 1 aromatic rings. The largest absolute Gasteiger partial charge is 0.374 e. The van der Waals surface area contributed by atoms with Crippen molar-refractivity contribution in [2.45, 2.75) is 25.9 Å². The van der Waals surface area contributed by atoms with E-state index >= 15 is 0 Å². The zero-order valence-corrected chi connectivity index (χ0v) is 12.8. The molecule has 1 aliphatic heterocycles. The molecule has 1 fully saturated rings. The van der Waals surface area contributed by atoms with Gasteiger partial charge in [0, 0.05) is 32.2 Å². The highest BCUT2D eigenvalue weighted by molar-refractivity contribution is 5.58. The van der Waals surface area contributed by atoms with Gasteiger partial charge >= 0.3 is 0 Å². The number of hydrogen-bond acceptors (Lipinski definition) is 6. The second-order valence-electron chi connectivity index (χ2n) is 5.53. The molecule has 1 aromatic heterocycles. The smallest absolute Gasteiger partial charge is 0.135 e. The fraction of sp³-hybridized carbons (Fsp3) is 0.714. The van der Waals surface area contributed by atoms with Crippen LogP contribution >= 0.6 is 0 Å². The Balaban J connectivity index is 2.05. The SMILES string of the molecule is CNc1ncnc(NCC2CN(C)CCO2)c1C(C)C. The Bertz CT molecular complexity index is 438. The summed E-state index contributed by atoms with van der Waals surface area (Å²) in [7, 11) is 4.01. The first kappa shape index (κ1) is 15.0. The van der Waals surface area contributed by atoms with Crippen LogP contribution in [0.25, 0.3) is 0 Å². The first-order valence-corrected chi connectivity index (χ1v) is 7.18. The van der Waals surface area contributed by atoms with Gasteiger partial charge in [0.1, 0.15) is 18.0 Å². The van der Waals surface area contributed by atoms with Gasteiger partial charge in [-0.2, -0.15) is 0 Å². The number of nitrogens with zero attached hydrogens (tertiary/aromatic N) is 3. The first-order chi connectivity index (χ1) is 9.61. The van der Waals surface area contributed by atoms with E-state index in [1.165, 1.54) is 0 Å². The number of ether oxygens (including phenoxy) is 1. The molecule has 6 heteroatoms. The molecule has 112 valence electrons. The van der Waals surface area contributed by atoms with Gasteiger partial charge in [0.2, 0.25) is 0 Å². The number of rotatable bonds is 5. The normalized spacial score (nSPS) is 20.1. The third-order valence-electron chi connectivity index (χ3n) is 3.54. The summed E-state index contributed by atoms with van der Waals surface area (Å²) in [5, 5.41) is 6.55. The number of anilines is 2. The van der Waals surface area contributed by atoms with E-state index in [0.29, 0.717) is 5.92 Å². The Kier molecular flexibility index (Phi) is 5.14. The molecule has 0 saturated carbocycles. The van der Waals surface area contributed by atoms with E-state index in [0.717, 1.165) is 43.4 Å². The zero-order valence-electron chi connectivity index (χ0n) is 12.8. The van der Waals surface area contributed by atoms with E-state index in [2.05, 4.69) is 46.4 Å². The molecular weight excluding hydrogens is 254 g/mol. The Hall–Kier alpha value is -1.40. The molecule has 2 heterocycles. The molecule has 0 bridgehead atoms. The minimum atomic E-state index is 0.210. The topological polar surface area (TPSA) is 62.3 Å².